The number of benzene rings is 2. The molecule has 1 heterocycles. The second kappa shape index (κ2) is 8.70. The molecule has 0 spiro atoms. The van der Waals surface area contributed by atoms with Crippen molar-refractivity contribution >= 4 is 21.6 Å². The number of nitrogens with zero attached hydrogens (tertiary/aromatic N) is 3. The van der Waals surface area contributed by atoms with Gasteiger partial charge in [-0.05, 0) is 48.5 Å². The molecule has 3 rings (SSSR count). The number of amides is 1. The number of hydrogen-bond acceptors (Lipinski definition) is 6. The van der Waals surface area contributed by atoms with Crippen LogP contribution in [0.15, 0.2) is 81.3 Å². The van der Waals surface area contributed by atoms with Gasteiger partial charge in [0.05, 0.1) is 4.90 Å². The molecule has 0 fully saturated rings. The number of primary amides is 1. The summed E-state index contributed by atoms with van der Waals surface area (Å²) in [4.78, 5) is 22.2. The summed E-state index contributed by atoms with van der Waals surface area (Å²) in [5.74, 6) is -0.0610. The van der Waals surface area contributed by atoms with Crippen molar-refractivity contribution in [3.05, 3.63) is 82.8 Å². The fourth-order valence-corrected chi connectivity index (χ4v) is 3.58. The number of sulfonamides is 1. The van der Waals surface area contributed by atoms with Crippen molar-refractivity contribution in [2.75, 3.05) is 0 Å². The van der Waals surface area contributed by atoms with Crippen LogP contribution in [0.3, 0.4) is 0 Å². The smallest absolute Gasteiger partial charge is 0.284 e. The van der Waals surface area contributed by atoms with Crippen molar-refractivity contribution < 1.29 is 17.9 Å². The SMILES string of the molecule is Cc1ccc(S(=O)(=O)/N=c2/ccc(Oc3cccc(N=O)c3)cn2CC(N)=O)cc1. The molecule has 1 amide bonds. The van der Waals surface area contributed by atoms with Gasteiger partial charge < -0.3 is 15.0 Å². The van der Waals surface area contributed by atoms with E-state index in [1.165, 1.54) is 47.2 Å². The van der Waals surface area contributed by atoms with Crippen molar-refractivity contribution in [1.82, 2.24) is 4.57 Å². The number of hydrogen-bond donors (Lipinski definition) is 1. The van der Waals surface area contributed by atoms with Crippen molar-refractivity contribution in [2.24, 2.45) is 15.3 Å². The van der Waals surface area contributed by atoms with E-state index in [0.717, 1.165) is 5.56 Å². The number of aryl methyl sites for hydroxylation is 1. The number of carbonyl (C=O) groups is 1. The first-order valence-corrected chi connectivity index (χ1v) is 10.2. The first kappa shape index (κ1) is 20.9. The van der Waals surface area contributed by atoms with Crippen LogP contribution in [0.1, 0.15) is 5.56 Å². The summed E-state index contributed by atoms with van der Waals surface area (Å²) in [5, 5.41) is 2.84. The second-order valence-electron chi connectivity index (χ2n) is 6.39. The van der Waals surface area contributed by atoms with E-state index in [4.69, 9.17) is 10.5 Å². The summed E-state index contributed by atoms with van der Waals surface area (Å²) in [5.41, 5.74) is 6.39. The maximum absolute atomic E-state index is 12.6. The minimum atomic E-state index is -4.01. The lowest BCUT2D eigenvalue weighted by atomic mass is 10.2. The molecule has 0 bridgehead atoms. The van der Waals surface area contributed by atoms with Gasteiger partial charge in [0.1, 0.15) is 29.2 Å². The van der Waals surface area contributed by atoms with Gasteiger partial charge in [-0.1, -0.05) is 23.8 Å². The molecule has 2 N–H and O–H groups in total. The monoisotopic (exact) mass is 426 g/mol. The number of rotatable bonds is 7. The molecule has 0 radical (unpaired) electrons. The van der Waals surface area contributed by atoms with E-state index in [1.54, 1.807) is 24.3 Å². The van der Waals surface area contributed by atoms with Crippen LogP contribution < -0.4 is 16.0 Å². The summed E-state index contributed by atoms with van der Waals surface area (Å²) in [6.07, 6.45) is 1.40. The Bertz CT molecular complexity index is 1260. The minimum Gasteiger partial charge on any atom is -0.456 e. The molecule has 0 saturated heterocycles. The predicted octanol–water partition coefficient (Wildman–Crippen LogP) is 2.76. The fourth-order valence-electron chi connectivity index (χ4n) is 2.58. The Kier molecular flexibility index (Phi) is 6.07. The van der Waals surface area contributed by atoms with E-state index in [0.29, 0.717) is 5.75 Å². The van der Waals surface area contributed by atoms with Crippen molar-refractivity contribution in [1.29, 1.82) is 0 Å². The fraction of sp³-hybridized carbons (Fsp3) is 0.100. The molecule has 1 aromatic heterocycles. The first-order chi connectivity index (χ1) is 14.3. The van der Waals surface area contributed by atoms with Gasteiger partial charge in [0.2, 0.25) is 5.91 Å². The highest BCUT2D eigenvalue weighted by atomic mass is 32.2. The molecule has 154 valence electrons. The quantitative estimate of drug-likeness (QED) is 0.580. The molecule has 9 nitrogen and oxygen atoms in total. The zero-order chi connectivity index (χ0) is 21.7. The molecule has 0 aliphatic heterocycles. The maximum Gasteiger partial charge on any atom is 0.284 e. The summed E-state index contributed by atoms with van der Waals surface area (Å²) < 4.78 is 36.0. The molecule has 0 saturated carbocycles. The second-order valence-corrected chi connectivity index (χ2v) is 7.99. The Balaban J connectivity index is 2.02. The predicted molar refractivity (Wildman–Crippen MR) is 110 cm³/mol. The molecular weight excluding hydrogens is 408 g/mol. The van der Waals surface area contributed by atoms with Crippen molar-refractivity contribution in [2.45, 2.75) is 18.4 Å². The lowest BCUT2D eigenvalue weighted by molar-refractivity contribution is -0.118. The van der Waals surface area contributed by atoms with Crippen LogP contribution in [0.25, 0.3) is 0 Å². The Labute approximate surface area is 172 Å². The molecular formula is C20H18N4O5S. The van der Waals surface area contributed by atoms with Gasteiger partial charge in [0.15, 0.2) is 0 Å². The number of pyridine rings is 1. The minimum absolute atomic E-state index is 0.00466. The van der Waals surface area contributed by atoms with Crippen LogP contribution in [0.2, 0.25) is 0 Å². The van der Waals surface area contributed by atoms with Gasteiger partial charge in [-0.25, -0.2) is 0 Å². The normalized spacial score (nSPS) is 11.8. The largest absolute Gasteiger partial charge is 0.456 e. The molecule has 3 aromatic rings. The van der Waals surface area contributed by atoms with Gasteiger partial charge in [-0.3, -0.25) is 4.79 Å². The van der Waals surface area contributed by atoms with E-state index in [1.807, 2.05) is 6.92 Å². The number of nitroso groups, excluding NO2 is 1. The molecule has 0 unspecified atom stereocenters. The van der Waals surface area contributed by atoms with E-state index >= 15 is 0 Å². The average Bonchev–Trinajstić information content (AvgIpc) is 2.70. The summed E-state index contributed by atoms with van der Waals surface area (Å²) in [7, 11) is -4.01. The van der Waals surface area contributed by atoms with Crippen LogP contribution in [0, 0.1) is 11.8 Å². The zero-order valence-corrected chi connectivity index (χ0v) is 16.7. The summed E-state index contributed by atoms with van der Waals surface area (Å²) in [6.45, 7) is 1.53. The van der Waals surface area contributed by atoms with E-state index in [9.17, 15) is 18.1 Å². The van der Waals surface area contributed by atoms with Crippen molar-refractivity contribution in [3.63, 3.8) is 0 Å². The number of aromatic nitrogens is 1. The van der Waals surface area contributed by atoms with E-state index in [2.05, 4.69) is 9.57 Å². The highest BCUT2D eigenvalue weighted by Crippen LogP contribution is 2.24. The topological polar surface area (TPSA) is 133 Å². The third kappa shape index (κ3) is 5.17. The van der Waals surface area contributed by atoms with Crippen LogP contribution in [0.5, 0.6) is 11.5 Å². The van der Waals surface area contributed by atoms with Crippen LogP contribution in [0.4, 0.5) is 5.69 Å². The Morgan fingerprint density at radius 3 is 2.47 bits per heavy atom. The number of carbonyl (C=O) groups excluding carboxylic acids is 1. The third-order valence-corrected chi connectivity index (χ3v) is 5.29. The van der Waals surface area contributed by atoms with E-state index < -0.39 is 15.9 Å². The molecule has 30 heavy (non-hydrogen) atoms. The Hall–Kier alpha value is -3.79. The van der Waals surface area contributed by atoms with E-state index in [-0.39, 0.29) is 28.4 Å². The molecule has 2 aromatic carbocycles. The Morgan fingerprint density at radius 2 is 1.80 bits per heavy atom. The average molecular weight is 426 g/mol. The standard InChI is InChI=1S/C20H18N4O5S/c1-14-5-8-18(9-6-14)30(27,28)23-20-10-7-17(12-24(20)13-19(21)25)29-16-4-2-3-15(11-16)22-26/h2-12H,13H2,1H3,(H2,21,25)/b23-20-. The first-order valence-electron chi connectivity index (χ1n) is 8.74. The Morgan fingerprint density at radius 1 is 1.07 bits per heavy atom. The van der Waals surface area contributed by atoms with Gasteiger partial charge in [-0.15, -0.1) is 9.30 Å². The van der Waals surface area contributed by atoms with Crippen LogP contribution in [-0.4, -0.2) is 18.9 Å². The van der Waals surface area contributed by atoms with Crippen LogP contribution in [-0.2, 0) is 21.4 Å². The lowest BCUT2D eigenvalue weighted by Crippen LogP contribution is -2.28. The highest BCUT2D eigenvalue weighted by Gasteiger charge is 2.13. The van der Waals surface area contributed by atoms with Gasteiger partial charge >= 0.3 is 0 Å². The molecule has 0 aliphatic rings. The van der Waals surface area contributed by atoms with Gasteiger partial charge in [-0.2, -0.15) is 8.42 Å². The van der Waals surface area contributed by atoms with Crippen LogP contribution >= 0.6 is 0 Å². The van der Waals surface area contributed by atoms with Crippen molar-refractivity contribution in [3.8, 4) is 11.5 Å². The van der Waals surface area contributed by atoms with Gasteiger partial charge in [0, 0.05) is 12.3 Å². The zero-order valence-electron chi connectivity index (χ0n) is 15.9. The maximum atomic E-state index is 12.6. The highest BCUT2D eigenvalue weighted by molar-refractivity contribution is 7.90. The molecule has 0 aliphatic carbocycles. The summed E-state index contributed by atoms with van der Waals surface area (Å²) in [6, 6.07) is 15.3. The van der Waals surface area contributed by atoms with Gasteiger partial charge in [0.25, 0.3) is 10.0 Å². The molecule has 10 heteroatoms. The lowest BCUT2D eigenvalue weighted by Gasteiger charge is -2.10. The number of ether oxygens (including phenoxy) is 1. The number of nitrogens with two attached hydrogens (primary N) is 1. The molecule has 0 atom stereocenters. The summed E-state index contributed by atoms with van der Waals surface area (Å²) >= 11 is 0. The third-order valence-electron chi connectivity index (χ3n) is 3.99.